The van der Waals surface area contributed by atoms with Crippen LogP contribution in [0.1, 0.15) is 30.5 Å². The Morgan fingerprint density at radius 2 is 2.28 bits per heavy atom. The molecule has 1 aromatic rings. The van der Waals surface area contributed by atoms with Gasteiger partial charge in [0.05, 0.1) is 6.54 Å². The fourth-order valence-corrected chi connectivity index (χ4v) is 1.82. The zero-order valence-electron chi connectivity index (χ0n) is 10.3. The number of nitrogens with zero attached hydrogens (tertiary/aromatic N) is 2. The van der Waals surface area contributed by atoms with Gasteiger partial charge in [-0.1, -0.05) is 5.16 Å². The highest BCUT2D eigenvalue weighted by atomic mass is 16.5. The van der Waals surface area contributed by atoms with Crippen molar-refractivity contribution in [1.29, 1.82) is 0 Å². The molecule has 1 aliphatic heterocycles. The molecule has 0 unspecified atom stereocenters. The molecule has 1 aliphatic rings. The Morgan fingerprint density at radius 1 is 1.50 bits per heavy atom. The number of methoxy groups -OCH3 is 1. The van der Waals surface area contributed by atoms with E-state index in [0.717, 1.165) is 26.1 Å². The first kappa shape index (κ1) is 13.0. The first-order valence-electron chi connectivity index (χ1n) is 5.95. The van der Waals surface area contributed by atoms with Crippen molar-refractivity contribution in [3.05, 3.63) is 11.7 Å². The van der Waals surface area contributed by atoms with Gasteiger partial charge in [0, 0.05) is 26.2 Å². The van der Waals surface area contributed by atoms with Crippen LogP contribution >= 0.6 is 0 Å². The molecule has 7 nitrogen and oxygen atoms in total. The highest BCUT2D eigenvalue weighted by molar-refractivity contribution is 5.76. The van der Waals surface area contributed by atoms with Crippen LogP contribution in [0.3, 0.4) is 0 Å². The second-order valence-corrected chi connectivity index (χ2v) is 4.14. The third-order valence-corrected chi connectivity index (χ3v) is 2.78. The topological polar surface area (TPSA) is 86.5 Å². The normalized spacial score (nSPS) is 16.7. The van der Waals surface area contributed by atoms with E-state index in [4.69, 9.17) is 14.0 Å². The van der Waals surface area contributed by atoms with E-state index in [1.54, 1.807) is 0 Å². The van der Waals surface area contributed by atoms with Crippen LogP contribution in [-0.4, -0.2) is 43.0 Å². The molecule has 1 saturated heterocycles. The number of hydrogen-bond donors (Lipinski definition) is 1. The molecule has 0 atom stereocenters. The van der Waals surface area contributed by atoms with E-state index in [0.29, 0.717) is 17.6 Å². The summed E-state index contributed by atoms with van der Waals surface area (Å²) in [7, 11) is 1.47. The first-order valence-corrected chi connectivity index (χ1v) is 5.95. The summed E-state index contributed by atoms with van der Waals surface area (Å²) in [6.45, 7) is 1.73. The van der Waals surface area contributed by atoms with Crippen molar-refractivity contribution in [1.82, 2.24) is 15.5 Å². The zero-order chi connectivity index (χ0) is 12.8. The summed E-state index contributed by atoms with van der Waals surface area (Å²) in [5.74, 6) is 1.21. The molecule has 2 heterocycles. The van der Waals surface area contributed by atoms with E-state index in [-0.39, 0.29) is 19.1 Å². The van der Waals surface area contributed by atoms with Gasteiger partial charge < -0.3 is 19.3 Å². The molecule has 1 aromatic heterocycles. The Kier molecular flexibility index (Phi) is 4.66. The Bertz CT molecular complexity index is 387. The summed E-state index contributed by atoms with van der Waals surface area (Å²) in [6.07, 6.45) is 1.82. The Hall–Kier alpha value is -1.47. The molecule has 1 amide bonds. The number of carbonyl (C=O) groups is 1. The van der Waals surface area contributed by atoms with Gasteiger partial charge in [0.25, 0.3) is 0 Å². The van der Waals surface area contributed by atoms with Crippen LogP contribution in [-0.2, 0) is 20.8 Å². The predicted molar refractivity (Wildman–Crippen MR) is 60.8 cm³/mol. The van der Waals surface area contributed by atoms with Crippen LogP contribution in [0.4, 0.5) is 0 Å². The number of aromatic nitrogens is 2. The lowest BCUT2D eigenvalue weighted by atomic mass is 10.00. The Morgan fingerprint density at radius 3 is 3.00 bits per heavy atom. The van der Waals surface area contributed by atoms with Crippen molar-refractivity contribution >= 4 is 5.91 Å². The van der Waals surface area contributed by atoms with Gasteiger partial charge in [0.1, 0.15) is 6.61 Å². The predicted octanol–water partition coefficient (Wildman–Crippen LogP) is 0.226. The molecule has 100 valence electrons. The lowest BCUT2D eigenvalue weighted by molar-refractivity contribution is -0.125. The smallest absolute Gasteiger partial charge is 0.246 e. The monoisotopic (exact) mass is 255 g/mol. The number of amides is 1. The molecule has 0 aliphatic carbocycles. The minimum Gasteiger partial charge on any atom is -0.381 e. The summed E-state index contributed by atoms with van der Waals surface area (Å²) < 4.78 is 15.1. The maximum Gasteiger partial charge on any atom is 0.246 e. The molecule has 7 heteroatoms. The van der Waals surface area contributed by atoms with Gasteiger partial charge in [-0.25, -0.2) is 0 Å². The fraction of sp³-hybridized carbons (Fsp3) is 0.727. The quantitative estimate of drug-likeness (QED) is 0.810. The average molecular weight is 255 g/mol. The van der Waals surface area contributed by atoms with E-state index in [2.05, 4.69) is 15.5 Å². The summed E-state index contributed by atoms with van der Waals surface area (Å²) in [5, 5.41) is 6.57. The molecular weight excluding hydrogens is 238 g/mol. The van der Waals surface area contributed by atoms with Crippen LogP contribution in [0.15, 0.2) is 4.52 Å². The molecule has 0 bridgehead atoms. The first-order chi connectivity index (χ1) is 8.79. The highest BCUT2D eigenvalue weighted by Crippen LogP contribution is 2.24. The molecule has 2 rings (SSSR count). The third-order valence-electron chi connectivity index (χ3n) is 2.78. The lowest BCUT2D eigenvalue weighted by Gasteiger charge is -2.18. The molecule has 0 radical (unpaired) electrons. The zero-order valence-corrected chi connectivity index (χ0v) is 10.3. The van der Waals surface area contributed by atoms with Crippen molar-refractivity contribution in [2.75, 3.05) is 26.9 Å². The van der Waals surface area contributed by atoms with E-state index in [1.165, 1.54) is 7.11 Å². The van der Waals surface area contributed by atoms with Crippen LogP contribution < -0.4 is 5.32 Å². The van der Waals surface area contributed by atoms with Gasteiger partial charge in [0.2, 0.25) is 11.8 Å². The molecule has 0 aromatic carbocycles. The molecule has 0 spiro atoms. The SMILES string of the molecule is COCC(=O)NCc1nc(C2CCOCC2)no1. The van der Waals surface area contributed by atoms with E-state index in [1.807, 2.05) is 0 Å². The van der Waals surface area contributed by atoms with Crippen molar-refractivity contribution in [3.8, 4) is 0 Å². The number of rotatable bonds is 5. The van der Waals surface area contributed by atoms with Crippen molar-refractivity contribution in [2.24, 2.45) is 0 Å². The maximum atomic E-state index is 11.2. The van der Waals surface area contributed by atoms with Crippen molar-refractivity contribution < 1.29 is 18.8 Å². The number of nitrogens with one attached hydrogen (secondary N) is 1. The van der Waals surface area contributed by atoms with Crippen LogP contribution in [0.25, 0.3) is 0 Å². The van der Waals surface area contributed by atoms with Crippen LogP contribution in [0, 0.1) is 0 Å². The molecule has 1 N–H and O–H groups in total. The molecule has 0 saturated carbocycles. The third kappa shape index (κ3) is 3.51. The Labute approximate surface area is 105 Å². The second kappa shape index (κ2) is 6.46. The average Bonchev–Trinajstić information content (AvgIpc) is 2.87. The van der Waals surface area contributed by atoms with Crippen molar-refractivity contribution in [3.63, 3.8) is 0 Å². The van der Waals surface area contributed by atoms with Gasteiger partial charge in [0.15, 0.2) is 5.82 Å². The van der Waals surface area contributed by atoms with Gasteiger partial charge >= 0.3 is 0 Å². The molecule has 18 heavy (non-hydrogen) atoms. The standard InChI is InChI=1S/C11H17N3O4/c1-16-7-9(15)12-6-10-13-11(14-18-10)8-2-4-17-5-3-8/h8H,2-7H2,1H3,(H,12,15). The van der Waals surface area contributed by atoms with Gasteiger partial charge in [-0.05, 0) is 12.8 Å². The van der Waals surface area contributed by atoms with E-state index >= 15 is 0 Å². The second-order valence-electron chi connectivity index (χ2n) is 4.14. The minimum absolute atomic E-state index is 0.0287. The molecular formula is C11H17N3O4. The van der Waals surface area contributed by atoms with E-state index < -0.39 is 0 Å². The van der Waals surface area contributed by atoms with Crippen molar-refractivity contribution in [2.45, 2.75) is 25.3 Å². The van der Waals surface area contributed by atoms with Gasteiger partial charge in [-0.3, -0.25) is 4.79 Å². The number of carbonyl (C=O) groups excluding carboxylic acids is 1. The fourth-order valence-electron chi connectivity index (χ4n) is 1.82. The van der Waals surface area contributed by atoms with E-state index in [9.17, 15) is 4.79 Å². The van der Waals surface area contributed by atoms with Gasteiger partial charge in [-0.2, -0.15) is 4.98 Å². The summed E-state index contributed by atoms with van der Waals surface area (Å²) in [6, 6.07) is 0. The summed E-state index contributed by atoms with van der Waals surface area (Å²) >= 11 is 0. The number of hydrogen-bond acceptors (Lipinski definition) is 6. The van der Waals surface area contributed by atoms with Crippen LogP contribution in [0.2, 0.25) is 0 Å². The largest absolute Gasteiger partial charge is 0.381 e. The van der Waals surface area contributed by atoms with Crippen LogP contribution in [0.5, 0.6) is 0 Å². The molecule has 1 fully saturated rings. The summed E-state index contributed by atoms with van der Waals surface area (Å²) in [5.41, 5.74) is 0. The maximum absolute atomic E-state index is 11.2. The number of ether oxygens (including phenoxy) is 2. The summed E-state index contributed by atoms with van der Waals surface area (Å²) in [4.78, 5) is 15.5. The van der Waals surface area contributed by atoms with Gasteiger partial charge in [-0.15, -0.1) is 0 Å². The Balaban J connectivity index is 1.83. The highest BCUT2D eigenvalue weighted by Gasteiger charge is 2.21. The lowest BCUT2D eigenvalue weighted by Crippen LogP contribution is -2.26. The minimum atomic E-state index is -0.205.